The molecule has 6 heteroatoms. The molecule has 264 valence electrons. The molecule has 2 aliphatic heterocycles. The summed E-state index contributed by atoms with van der Waals surface area (Å²) in [6.45, 7) is 10.8. The molecule has 0 bridgehead atoms. The summed E-state index contributed by atoms with van der Waals surface area (Å²) in [6, 6.07) is 48.1. The maximum atomic E-state index is 6.54. The third kappa shape index (κ3) is 5.24. The first kappa shape index (κ1) is 33.0. The molecular weight excluding hydrogens is 671 g/mol. The van der Waals surface area contributed by atoms with E-state index in [0.717, 1.165) is 39.3 Å². The van der Waals surface area contributed by atoms with Gasteiger partial charge in [0.25, 0.3) is 6.71 Å². The van der Waals surface area contributed by atoms with Crippen LogP contribution in [0.1, 0.15) is 27.8 Å². The maximum absolute atomic E-state index is 6.54. The van der Waals surface area contributed by atoms with E-state index in [4.69, 9.17) is 9.72 Å². The number of ether oxygens (including phenoxy) is 1. The molecule has 0 N–H and O–H groups in total. The van der Waals surface area contributed by atoms with Crippen LogP contribution in [-0.4, -0.2) is 16.7 Å². The Morgan fingerprint density at radius 3 is 1.78 bits per heavy atom. The normalized spacial score (nSPS) is 12.7. The molecule has 0 atom stereocenters. The summed E-state index contributed by atoms with van der Waals surface area (Å²) in [7, 11) is 0. The first-order valence-electron chi connectivity index (χ1n) is 18.9. The van der Waals surface area contributed by atoms with Crippen LogP contribution >= 0.6 is 0 Å². The van der Waals surface area contributed by atoms with Crippen LogP contribution in [0.15, 0.2) is 146 Å². The number of nitrogens with zero attached hydrogens (tertiary/aromatic N) is 4. The second-order valence-corrected chi connectivity index (χ2v) is 14.9. The van der Waals surface area contributed by atoms with Crippen molar-refractivity contribution in [3.8, 4) is 22.9 Å². The molecule has 2 aliphatic rings. The fourth-order valence-electron chi connectivity index (χ4n) is 8.97. The second kappa shape index (κ2) is 12.7. The van der Waals surface area contributed by atoms with Gasteiger partial charge >= 0.3 is 0 Å². The molecule has 0 saturated heterocycles. The van der Waals surface area contributed by atoms with Crippen LogP contribution in [0.4, 0.5) is 34.1 Å². The van der Waals surface area contributed by atoms with Gasteiger partial charge in [-0.05, 0) is 133 Å². The predicted molar refractivity (Wildman–Crippen MR) is 229 cm³/mol. The van der Waals surface area contributed by atoms with Gasteiger partial charge in [0, 0.05) is 52.2 Å². The highest BCUT2D eigenvalue weighted by atomic mass is 16.5. The Morgan fingerprint density at radius 1 is 0.509 bits per heavy atom. The van der Waals surface area contributed by atoms with Gasteiger partial charge in [-0.3, -0.25) is 4.98 Å². The molecule has 6 aromatic carbocycles. The number of rotatable bonds is 5. The van der Waals surface area contributed by atoms with Gasteiger partial charge in [-0.15, -0.1) is 0 Å². The molecule has 2 aromatic heterocycles. The molecule has 8 aromatic rings. The van der Waals surface area contributed by atoms with E-state index in [0.29, 0.717) is 5.88 Å². The van der Waals surface area contributed by atoms with Crippen molar-refractivity contribution < 1.29 is 4.74 Å². The molecule has 0 fully saturated rings. The Balaban J connectivity index is 1.29. The quantitative estimate of drug-likeness (QED) is 0.166. The lowest BCUT2D eigenvalue weighted by Crippen LogP contribution is -2.61. The van der Waals surface area contributed by atoms with Crippen LogP contribution in [0.25, 0.3) is 22.0 Å². The van der Waals surface area contributed by atoms with Crippen LogP contribution < -0.4 is 30.9 Å². The summed E-state index contributed by atoms with van der Waals surface area (Å²) in [5.41, 5.74) is 18.8. The highest BCUT2D eigenvalue weighted by Gasteiger charge is 2.44. The fourth-order valence-corrected chi connectivity index (χ4v) is 8.97. The van der Waals surface area contributed by atoms with Gasteiger partial charge in [-0.1, -0.05) is 78.9 Å². The van der Waals surface area contributed by atoms with Crippen molar-refractivity contribution >= 4 is 68.0 Å². The molecule has 0 unspecified atom stereocenters. The molecule has 10 rings (SSSR count). The Kier molecular flexibility index (Phi) is 7.63. The van der Waals surface area contributed by atoms with Crippen molar-refractivity contribution in [2.75, 3.05) is 9.80 Å². The highest BCUT2D eigenvalue weighted by molar-refractivity contribution is 7.00. The van der Waals surface area contributed by atoms with E-state index >= 15 is 0 Å². The minimum Gasteiger partial charge on any atom is -0.439 e. The van der Waals surface area contributed by atoms with Gasteiger partial charge < -0.3 is 14.5 Å². The largest absolute Gasteiger partial charge is 0.439 e. The molecule has 0 aliphatic carbocycles. The molecular formula is C49H39BN4O. The summed E-state index contributed by atoms with van der Waals surface area (Å²) in [4.78, 5) is 14.5. The maximum Gasteiger partial charge on any atom is 0.252 e. The molecule has 0 amide bonds. The molecule has 0 saturated carbocycles. The van der Waals surface area contributed by atoms with E-state index in [1.165, 1.54) is 66.8 Å². The Bertz CT molecular complexity index is 2790. The van der Waals surface area contributed by atoms with E-state index in [1.54, 1.807) is 6.20 Å². The minimum atomic E-state index is -0.0960. The summed E-state index contributed by atoms with van der Waals surface area (Å²) >= 11 is 0. The summed E-state index contributed by atoms with van der Waals surface area (Å²) in [5, 5.41) is 2.31. The highest BCUT2D eigenvalue weighted by Crippen LogP contribution is 2.47. The van der Waals surface area contributed by atoms with Crippen LogP contribution in [0, 0.1) is 34.6 Å². The Morgan fingerprint density at radius 2 is 1.11 bits per heavy atom. The molecule has 4 heterocycles. The summed E-state index contributed by atoms with van der Waals surface area (Å²) in [5.74, 6) is 1.34. The standard InChI is InChI=1S/C49H39BN4O/c1-30-23-25-51-45(27-30)55-37-20-22-42-40(29-37)50-39-28-36(47-38-16-7-6-15-35(38)24-26-52-47)19-21-41(39)53(48-31(2)11-8-12-32(48)3)43-17-10-18-44(46(43)50)54(42)49-33(4)13-9-14-34(49)5/h6-29H,1-5H3. The lowest BCUT2D eigenvalue weighted by atomic mass is 9.33. The van der Waals surface area contributed by atoms with Crippen molar-refractivity contribution in [3.63, 3.8) is 0 Å². The average molecular weight is 711 g/mol. The second-order valence-electron chi connectivity index (χ2n) is 14.9. The zero-order valence-corrected chi connectivity index (χ0v) is 31.6. The van der Waals surface area contributed by atoms with Crippen molar-refractivity contribution in [2.45, 2.75) is 34.6 Å². The Labute approximate surface area is 322 Å². The van der Waals surface area contributed by atoms with Crippen molar-refractivity contribution in [1.82, 2.24) is 9.97 Å². The number of aryl methyl sites for hydroxylation is 5. The number of pyridine rings is 2. The van der Waals surface area contributed by atoms with E-state index in [2.05, 4.69) is 171 Å². The number of anilines is 6. The van der Waals surface area contributed by atoms with Gasteiger partial charge in [0.05, 0.1) is 17.1 Å². The van der Waals surface area contributed by atoms with Gasteiger partial charge in [0.15, 0.2) is 0 Å². The molecule has 5 nitrogen and oxygen atoms in total. The molecule has 55 heavy (non-hydrogen) atoms. The zero-order chi connectivity index (χ0) is 37.4. The fraction of sp³-hybridized carbons (Fsp3) is 0.102. The number of benzene rings is 6. The molecule has 0 radical (unpaired) electrons. The lowest BCUT2D eigenvalue weighted by molar-refractivity contribution is 0.463. The van der Waals surface area contributed by atoms with Gasteiger partial charge in [0.1, 0.15) is 5.75 Å². The number of hydrogen-bond donors (Lipinski definition) is 0. The zero-order valence-electron chi connectivity index (χ0n) is 31.6. The number of fused-ring (bicyclic) bond motifs is 5. The van der Waals surface area contributed by atoms with Crippen molar-refractivity contribution in [3.05, 3.63) is 174 Å². The van der Waals surface area contributed by atoms with Gasteiger partial charge in [-0.2, -0.15) is 0 Å². The van der Waals surface area contributed by atoms with Gasteiger partial charge in [-0.25, -0.2) is 4.98 Å². The minimum absolute atomic E-state index is 0.0960. The number of para-hydroxylation sites is 2. The lowest BCUT2D eigenvalue weighted by Gasteiger charge is -2.45. The van der Waals surface area contributed by atoms with Crippen molar-refractivity contribution in [2.24, 2.45) is 0 Å². The number of aromatic nitrogens is 2. The summed E-state index contributed by atoms with van der Waals surface area (Å²) in [6.07, 6.45) is 3.73. The number of hydrogen-bond acceptors (Lipinski definition) is 5. The van der Waals surface area contributed by atoms with Crippen LogP contribution in [0.5, 0.6) is 11.6 Å². The topological polar surface area (TPSA) is 41.5 Å². The van der Waals surface area contributed by atoms with Crippen LogP contribution in [0.2, 0.25) is 0 Å². The van der Waals surface area contributed by atoms with Crippen LogP contribution in [-0.2, 0) is 0 Å². The third-order valence-corrected chi connectivity index (χ3v) is 11.3. The van der Waals surface area contributed by atoms with E-state index in [9.17, 15) is 0 Å². The monoisotopic (exact) mass is 710 g/mol. The third-order valence-electron chi connectivity index (χ3n) is 11.3. The van der Waals surface area contributed by atoms with Crippen LogP contribution in [0.3, 0.4) is 0 Å². The SMILES string of the molecule is Cc1ccnc(Oc2ccc3c(c2)B2c4cc(-c5nccc6ccccc56)ccc4N(c4c(C)cccc4C)c4cccc(c42)N3c2c(C)cccc2C)c1. The average Bonchev–Trinajstić information content (AvgIpc) is 3.19. The Hall–Kier alpha value is -6.66. The summed E-state index contributed by atoms with van der Waals surface area (Å²) < 4.78 is 6.54. The van der Waals surface area contributed by atoms with E-state index < -0.39 is 0 Å². The first-order valence-corrected chi connectivity index (χ1v) is 18.9. The smallest absolute Gasteiger partial charge is 0.252 e. The van der Waals surface area contributed by atoms with E-state index in [-0.39, 0.29) is 6.71 Å². The van der Waals surface area contributed by atoms with E-state index in [1.807, 2.05) is 18.3 Å². The van der Waals surface area contributed by atoms with Crippen molar-refractivity contribution in [1.29, 1.82) is 0 Å². The predicted octanol–water partition coefficient (Wildman–Crippen LogP) is 10.7. The first-order chi connectivity index (χ1) is 26.9. The van der Waals surface area contributed by atoms with Gasteiger partial charge in [0.2, 0.25) is 5.88 Å². The molecule has 0 spiro atoms.